The van der Waals surface area contributed by atoms with E-state index < -0.39 is 5.91 Å². The van der Waals surface area contributed by atoms with E-state index >= 15 is 0 Å². The van der Waals surface area contributed by atoms with Gasteiger partial charge in [-0.2, -0.15) is 0 Å². The second-order valence-corrected chi connectivity index (χ2v) is 6.45. The summed E-state index contributed by atoms with van der Waals surface area (Å²) in [6.45, 7) is 0.201. The van der Waals surface area contributed by atoms with Gasteiger partial charge in [0.15, 0.2) is 0 Å². The van der Waals surface area contributed by atoms with Gasteiger partial charge in [0.25, 0.3) is 5.91 Å². The number of rotatable bonds is 7. The average Bonchev–Trinajstić information content (AvgIpc) is 3.06. The van der Waals surface area contributed by atoms with Crippen LogP contribution in [0, 0.1) is 0 Å². The molecule has 2 aromatic rings. The number of amides is 2. The lowest BCUT2D eigenvalue weighted by Gasteiger charge is -2.22. The number of nitrogens with one attached hydrogen (secondary N) is 2. The molecule has 0 radical (unpaired) electrons. The average molecular weight is 384 g/mol. The zero-order valence-corrected chi connectivity index (χ0v) is 15.4. The first-order valence-electron chi connectivity index (χ1n) is 7.58. The molecule has 0 aliphatic heterocycles. The van der Waals surface area contributed by atoms with Crippen LogP contribution in [0.1, 0.15) is 22.2 Å². The van der Waals surface area contributed by atoms with Crippen LogP contribution in [0.2, 0.25) is 10.0 Å². The molecule has 2 rings (SSSR count). The van der Waals surface area contributed by atoms with E-state index in [0.29, 0.717) is 11.6 Å². The monoisotopic (exact) mass is 383 g/mol. The molecule has 1 aromatic heterocycles. The van der Waals surface area contributed by atoms with Crippen LogP contribution in [0.4, 0.5) is 0 Å². The molecule has 1 aromatic carbocycles. The van der Waals surface area contributed by atoms with Crippen molar-refractivity contribution in [3.05, 3.63) is 58.0 Å². The number of nitrogens with zero attached hydrogens (tertiary/aromatic N) is 1. The molecule has 0 saturated heterocycles. The van der Waals surface area contributed by atoms with Crippen molar-refractivity contribution in [1.82, 2.24) is 15.5 Å². The van der Waals surface area contributed by atoms with Crippen LogP contribution in [0.15, 0.2) is 41.0 Å². The molecule has 25 heavy (non-hydrogen) atoms. The third kappa shape index (κ3) is 5.49. The summed E-state index contributed by atoms with van der Waals surface area (Å²) < 4.78 is 5.38. The summed E-state index contributed by atoms with van der Waals surface area (Å²) in [7, 11) is 3.79. The van der Waals surface area contributed by atoms with Gasteiger partial charge in [0.05, 0.1) is 29.4 Å². The SMILES string of the molecule is CN(C)C(CNC(=O)CNC(=O)c1ccc(Cl)cc1Cl)c1ccco1. The Kier molecular flexibility index (Phi) is 6.87. The zero-order valence-electron chi connectivity index (χ0n) is 13.9. The van der Waals surface area contributed by atoms with Crippen molar-refractivity contribution in [2.24, 2.45) is 0 Å². The lowest BCUT2D eigenvalue weighted by atomic mass is 10.2. The van der Waals surface area contributed by atoms with Gasteiger partial charge in [-0.3, -0.25) is 14.5 Å². The normalized spacial score (nSPS) is 12.0. The number of hydrogen-bond acceptors (Lipinski definition) is 4. The van der Waals surface area contributed by atoms with Gasteiger partial charge >= 0.3 is 0 Å². The number of carbonyl (C=O) groups excluding carboxylic acids is 2. The van der Waals surface area contributed by atoms with Crippen LogP contribution < -0.4 is 10.6 Å². The van der Waals surface area contributed by atoms with Gasteiger partial charge in [0, 0.05) is 11.6 Å². The first-order chi connectivity index (χ1) is 11.9. The topological polar surface area (TPSA) is 74.6 Å². The highest BCUT2D eigenvalue weighted by molar-refractivity contribution is 6.36. The maximum Gasteiger partial charge on any atom is 0.253 e. The number of furan rings is 1. The quantitative estimate of drug-likeness (QED) is 0.770. The largest absolute Gasteiger partial charge is 0.468 e. The molecule has 134 valence electrons. The van der Waals surface area contributed by atoms with Gasteiger partial charge < -0.3 is 15.1 Å². The third-order valence-corrected chi connectivity index (χ3v) is 4.12. The molecule has 2 amide bonds. The molecule has 0 spiro atoms. The van der Waals surface area contributed by atoms with E-state index in [1.54, 1.807) is 18.4 Å². The van der Waals surface area contributed by atoms with Crippen LogP contribution in [0.5, 0.6) is 0 Å². The third-order valence-electron chi connectivity index (χ3n) is 3.57. The van der Waals surface area contributed by atoms with Crippen molar-refractivity contribution in [2.75, 3.05) is 27.2 Å². The summed E-state index contributed by atoms with van der Waals surface area (Å²) in [5, 5.41) is 5.97. The molecule has 0 aliphatic rings. The van der Waals surface area contributed by atoms with Gasteiger partial charge in [0.2, 0.25) is 5.91 Å². The minimum Gasteiger partial charge on any atom is -0.468 e. The summed E-state index contributed by atoms with van der Waals surface area (Å²) in [6.07, 6.45) is 1.59. The van der Waals surface area contributed by atoms with Gasteiger partial charge in [-0.25, -0.2) is 0 Å². The van der Waals surface area contributed by atoms with Crippen molar-refractivity contribution >= 4 is 35.0 Å². The highest BCUT2D eigenvalue weighted by Crippen LogP contribution is 2.20. The Balaban J connectivity index is 1.85. The summed E-state index contributed by atoms with van der Waals surface area (Å²) in [5.74, 6) is 0.00568. The minimum atomic E-state index is -0.438. The molecule has 0 aliphatic carbocycles. The van der Waals surface area contributed by atoms with E-state index in [4.69, 9.17) is 27.6 Å². The number of halogens is 2. The van der Waals surface area contributed by atoms with Crippen molar-refractivity contribution in [2.45, 2.75) is 6.04 Å². The molecule has 0 bridgehead atoms. The molecule has 0 fully saturated rings. The molecule has 1 unspecified atom stereocenters. The van der Waals surface area contributed by atoms with Crippen LogP contribution in [0.25, 0.3) is 0 Å². The molecular weight excluding hydrogens is 365 g/mol. The molecule has 1 heterocycles. The predicted octanol–water partition coefficient (Wildman–Crippen LogP) is 2.74. The Bertz CT molecular complexity index is 733. The summed E-state index contributed by atoms with van der Waals surface area (Å²) in [6, 6.07) is 8.10. The number of likely N-dealkylation sites (N-methyl/N-ethyl adjacent to an activating group) is 1. The Morgan fingerprint density at radius 3 is 2.56 bits per heavy atom. The Morgan fingerprint density at radius 2 is 1.96 bits per heavy atom. The van der Waals surface area contributed by atoms with Gasteiger partial charge in [-0.15, -0.1) is 0 Å². The molecule has 6 nitrogen and oxygen atoms in total. The molecule has 8 heteroatoms. The number of benzene rings is 1. The van der Waals surface area contributed by atoms with Crippen LogP contribution in [-0.2, 0) is 4.79 Å². The van der Waals surface area contributed by atoms with Crippen LogP contribution in [-0.4, -0.2) is 43.9 Å². The van der Waals surface area contributed by atoms with Gasteiger partial charge in [0.1, 0.15) is 5.76 Å². The second kappa shape index (κ2) is 8.89. The Hall–Kier alpha value is -2.02. The summed E-state index contributed by atoms with van der Waals surface area (Å²) >= 11 is 11.8. The van der Waals surface area contributed by atoms with E-state index in [-0.39, 0.29) is 29.1 Å². The van der Waals surface area contributed by atoms with Crippen molar-refractivity contribution in [1.29, 1.82) is 0 Å². The van der Waals surface area contributed by atoms with Gasteiger partial charge in [-0.05, 0) is 44.4 Å². The second-order valence-electron chi connectivity index (χ2n) is 5.61. The van der Waals surface area contributed by atoms with E-state index in [0.717, 1.165) is 5.76 Å². The van der Waals surface area contributed by atoms with Crippen LogP contribution in [0.3, 0.4) is 0 Å². The van der Waals surface area contributed by atoms with Crippen molar-refractivity contribution in [3.8, 4) is 0 Å². The maximum absolute atomic E-state index is 12.1. The lowest BCUT2D eigenvalue weighted by molar-refractivity contribution is -0.120. The predicted molar refractivity (Wildman–Crippen MR) is 96.9 cm³/mol. The van der Waals surface area contributed by atoms with E-state index in [1.807, 2.05) is 25.1 Å². The van der Waals surface area contributed by atoms with Crippen molar-refractivity contribution < 1.29 is 14.0 Å². The highest BCUT2D eigenvalue weighted by Gasteiger charge is 2.18. The van der Waals surface area contributed by atoms with E-state index in [1.165, 1.54) is 12.1 Å². The zero-order chi connectivity index (χ0) is 18.4. The molecule has 2 N–H and O–H groups in total. The fourth-order valence-corrected chi connectivity index (χ4v) is 2.72. The summed E-state index contributed by atoms with van der Waals surface area (Å²) in [4.78, 5) is 26.0. The van der Waals surface area contributed by atoms with E-state index in [2.05, 4.69) is 10.6 Å². The standard InChI is InChI=1S/C17H19Cl2N3O3/c1-22(2)14(15-4-3-7-25-15)9-20-16(23)10-21-17(24)12-6-5-11(18)8-13(12)19/h3-8,14H,9-10H2,1-2H3,(H,20,23)(H,21,24). The molecule has 1 atom stereocenters. The number of carbonyl (C=O) groups is 2. The fraction of sp³-hybridized carbons (Fsp3) is 0.294. The van der Waals surface area contributed by atoms with Crippen LogP contribution >= 0.6 is 23.2 Å². The molecule has 0 saturated carbocycles. The number of hydrogen-bond donors (Lipinski definition) is 2. The fourth-order valence-electron chi connectivity index (χ4n) is 2.22. The minimum absolute atomic E-state index is 0.0969. The highest BCUT2D eigenvalue weighted by atomic mass is 35.5. The Morgan fingerprint density at radius 1 is 1.20 bits per heavy atom. The van der Waals surface area contributed by atoms with Crippen molar-refractivity contribution in [3.63, 3.8) is 0 Å². The van der Waals surface area contributed by atoms with Gasteiger partial charge in [-0.1, -0.05) is 23.2 Å². The first kappa shape index (κ1) is 19.3. The van der Waals surface area contributed by atoms with E-state index in [9.17, 15) is 9.59 Å². The summed E-state index contributed by atoms with van der Waals surface area (Å²) in [5.41, 5.74) is 0.264. The maximum atomic E-state index is 12.1. The molecular formula is C17H19Cl2N3O3. The Labute approximate surface area is 156 Å². The lowest BCUT2D eigenvalue weighted by Crippen LogP contribution is -2.40. The first-order valence-corrected chi connectivity index (χ1v) is 8.34. The smallest absolute Gasteiger partial charge is 0.253 e.